The molecule has 1 aliphatic carbocycles. The molecule has 0 fully saturated rings. The molecule has 0 aliphatic heterocycles. The fourth-order valence-corrected chi connectivity index (χ4v) is 5.21. The van der Waals surface area contributed by atoms with Gasteiger partial charge in [-0.2, -0.15) is 13.2 Å². The molecule has 0 bridgehead atoms. The molecule has 1 atom stereocenters. The lowest BCUT2D eigenvalue weighted by molar-refractivity contribution is -0.146. The van der Waals surface area contributed by atoms with Crippen LogP contribution in [0.2, 0.25) is 10.0 Å². The molecule has 1 amide bonds. The zero-order valence-electron chi connectivity index (χ0n) is 24.0. The average molecular weight is 664 g/mol. The van der Waals surface area contributed by atoms with E-state index in [1.54, 1.807) is 17.0 Å². The predicted molar refractivity (Wildman–Crippen MR) is 170 cm³/mol. The standard InChI is InChI=1S/C32H31Cl2F3N4O4/c33-24-14-25(34)16-26(15-24)40-31(39-19-32(35,36)37)41(27-12-10-22(11-13-27)21-4-2-1-3-5-21)18-20-6-8-23(9-7-20)29(43)38-17-28(42)30(44)45/h4,6-16,28,42H,1-3,5,17-19H2,(H,38,43)(H,39,40)(H,44,45)/t28-/m1/s1. The molecule has 0 saturated carbocycles. The Morgan fingerprint density at radius 3 is 2.22 bits per heavy atom. The lowest BCUT2D eigenvalue weighted by atomic mass is 9.93. The molecule has 8 nitrogen and oxygen atoms in total. The highest BCUT2D eigenvalue weighted by Crippen LogP contribution is 2.30. The molecule has 0 unspecified atom stereocenters. The number of hydrogen-bond acceptors (Lipinski definition) is 4. The predicted octanol–water partition coefficient (Wildman–Crippen LogP) is 7.16. The number of anilines is 2. The lowest BCUT2D eigenvalue weighted by Crippen LogP contribution is -2.37. The number of rotatable bonds is 10. The van der Waals surface area contributed by atoms with Crippen molar-refractivity contribution in [3.63, 3.8) is 0 Å². The van der Waals surface area contributed by atoms with E-state index in [2.05, 4.69) is 21.7 Å². The molecular weight excluding hydrogens is 632 g/mol. The van der Waals surface area contributed by atoms with E-state index < -0.39 is 37.2 Å². The van der Waals surface area contributed by atoms with Crippen molar-refractivity contribution in [2.45, 2.75) is 44.5 Å². The monoisotopic (exact) mass is 662 g/mol. The second-order valence-electron chi connectivity index (χ2n) is 10.4. The second-order valence-corrected chi connectivity index (χ2v) is 11.3. The maximum Gasteiger partial charge on any atom is 0.408 e. The van der Waals surface area contributed by atoms with Crippen molar-refractivity contribution in [3.8, 4) is 0 Å². The molecule has 3 aromatic carbocycles. The van der Waals surface area contributed by atoms with Crippen molar-refractivity contribution >= 4 is 58.0 Å². The number of carbonyl (C=O) groups excluding carboxylic acids is 1. The first-order valence-corrected chi connectivity index (χ1v) is 14.8. The Labute approximate surface area is 268 Å². The average Bonchev–Trinajstić information content (AvgIpc) is 3.00. The molecule has 1 aliphatic rings. The first-order chi connectivity index (χ1) is 21.4. The van der Waals surface area contributed by atoms with E-state index >= 15 is 0 Å². The number of carbonyl (C=O) groups is 2. The largest absolute Gasteiger partial charge is 0.479 e. The molecule has 4 rings (SSSR count). The van der Waals surface area contributed by atoms with Gasteiger partial charge in [0, 0.05) is 27.0 Å². The second kappa shape index (κ2) is 15.3. The summed E-state index contributed by atoms with van der Waals surface area (Å²) in [4.78, 5) is 28.8. The number of aliphatic hydroxyl groups is 1. The molecule has 0 heterocycles. The molecule has 13 heteroatoms. The van der Waals surface area contributed by atoms with Crippen LogP contribution in [0.3, 0.4) is 0 Å². The van der Waals surface area contributed by atoms with Crippen molar-refractivity contribution in [2.75, 3.05) is 23.3 Å². The Bertz CT molecular complexity index is 1540. The van der Waals surface area contributed by atoms with Gasteiger partial charge in [0.2, 0.25) is 5.96 Å². The van der Waals surface area contributed by atoms with Crippen LogP contribution in [0, 0.1) is 0 Å². The number of nitrogens with one attached hydrogen (secondary N) is 2. The molecule has 3 aromatic rings. The summed E-state index contributed by atoms with van der Waals surface area (Å²) in [5, 5.41) is 24.1. The van der Waals surface area contributed by atoms with Gasteiger partial charge < -0.3 is 25.7 Å². The number of allylic oxidation sites excluding steroid dienone is 2. The van der Waals surface area contributed by atoms with Crippen LogP contribution >= 0.6 is 23.2 Å². The third-order valence-corrected chi connectivity index (χ3v) is 7.36. The third kappa shape index (κ3) is 10.2. The van der Waals surface area contributed by atoms with E-state index in [1.807, 2.05) is 24.3 Å². The number of halogens is 5. The smallest absolute Gasteiger partial charge is 0.408 e. The quantitative estimate of drug-likeness (QED) is 0.135. The van der Waals surface area contributed by atoms with Crippen LogP contribution in [-0.4, -0.2) is 53.4 Å². The van der Waals surface area contributed by atoms with Gasteiger partial charge in [-0.15, -0.1) is 0 Å². The summed E-state index contributed by atoms with van der Waals surface area (Å²) in [6.45, 7) is -1.87. The highest BCUT2D eigenvalue weighted by atomic mass is 35.5. The van der Waals surface area contributed by atoms with Crippen LogP contribution in [0.25, 0.3) is 5.57 Å². The van der Waals surface area contributed by atoms with Gasteiger partial charge in [0.05, 0.1) is 13.1 Å². The van der Waals surface area contributed by atoms with Gasteiger partial charge in [-0.25, -0.2) is 9.79 Å². The highest BCUT2D eigenvalue weighted by molar-refractivity contribution is 6.35. The molecular formula is C32H31Cl2F3N4O4. The number of aliphatic carboxylic acids is 1. The van der Waals surface area contributed by atoms with Crippen LogP contribution in [0.5, 0.6) is 0 Å². The molecule has 4 N–H and O–H groups in total. The zero-order valence-corrected chi connectivity index (χ0v) is 25.5. The van der Waals surface area contributed by atoms with Crippen LogP contribution in [0.4, 0.5) is 24.5 Å². The summed E-state index contributed by atoms with van der Waals surface area (Å²) in [6, 6.07) is 18.2. The van der Waals surface area contributed by atoms with Gasteiger partial charge in [-0.05, 0) is 84.8 Å². The molecule has 0 saturated heterocycles. The Morgan fingerprint density at radius 1 is 0.978 bits per heavy atom. The van der Waals surface area contributed by atoms with Crippen molar-refractivity contribution in [1.82, 2.24) is 5.32 Å². The van der Waals surface area contributed by atoms with Crippen LogP contribution in [0.15, 0.2) is 77.8 Å². The van der Waals surface area contributed by atoms with E-state index in [-0.39, 0.29) is 28.1 Å². The van der Waals surface area contributed by atoms with E-state index in [1.165, 1.54) is 35.9 Å². The zero-order chi connectivity index (χ0) is 32.6. The normalized spacial score (nSPS) is 14.4. The van der Waals surface area contributed by atoms with Gasteiger partial charge in [-0.3, -0.25) is 4.79 Å². The van der Waals surface area contributed by atoms with E-state index in [4.69, 9.17) is 28.3 Å². The minimum Gasteiger partial charge on any atom is -0.479 e. The number of hydrogen-bond donors (Lipinski definition) is 4. The van der Waals surface area contributed by atoms with E-state index in [0.29, 0.717) is 16.9 Å². The van der Waals surface area contributed by atoms with Crippen molar-refractivity contribution < 1.29 is 33.0 Å². The highest BCUT2D eigenvalue weighted by Gasteiger charge is 2.28. The summed E-state index contributed by atoms with van der Waals surface area (Å²) in [5.41, 5.74) is 3.97. The molecule has 0 spiro atoms. The summed E-state index contributed by atoms with van der Waals surface area (Å²) in [7, 11) is 0. The maximum atomic E-state index is 13.4. The van der Waals surface area contributed by atoms with Gasteiger partial charge in [0.1, 0.15) is 6.54 Å². The third-order valence-electron chi connectivity index (χ3n) is 6.92. The number of aliphatic imine (C=N–C) groups is 1. The number of carboxylic acid groups (broad SMARTS) is 1. The Hall–Kier alpha value is -4.06. The van der Waals surface area contributed by atoms with E-state index in [0.717, 1.165) is 31.2 Å². The van der Waals surface area contributed by atoms with Crippen LogP contribution in [-0.2, 0) is 11.3 Å². The van der Waals surface area contributed by atoms with Crippen molar-refractivity contribution in [3.05, 3.63) is 99.5 Å². The number of benzene rings is 3. The maximum absolute atomic E-state index is 13.4. The number of aliphatic hydroxyl groups excluding tert-OH is 1. The first kappa shape index (κ1) is 33.8. The minimum atomic E-state index is -4.58. The minimum absolute atomic E-state index is 0.0552. The Morgan fingerprint density at radius 2 is 1.64 bits per heavy atom. The van der Waals surface area contributed by atoms with Gasteiger partial charge in [-0.1, -0.05) is 53.5 Å². The lowest BCUT2D eigenvalue weighted by Gasteiger charge is -2.28. The fraction of sp³-hybridized carbons (Fsp3) is 0.281. The number of nitrogens with zero attached hydrogens (tertiary/aromatic N) is 2. The molecule has 0 radical (unpaired) electrons. The Balaban J connectivity index is 1.67. The Kier molecular flexibility index (Phi) is 11.5. The number of alkyl halides is 3. The van der Waals surface area contributed by atoms with Gasteiger partial charge >= 0.3 is 12.1 Å². The fourth-order valence-electron chi connectivity index (χ4n) is 4.68. The van der Waals surface area contributed by atoms with Gasteiger partial charge in [0.25, 0.3) is 5.91 Å². The SMILES string of the molecule is O=C(NC[C@@H](O)C(=O)O)c1ccc(CN(/C(=N\CC(F)(F)F)Nc2cc(Cl)cc(Cl)c2)c2ccc(C3=CCCCC3)cc2)cc1. The number of guanidine groups is 1. The molecule has 0 aromatic heterocycles. The topological polar surface area (TPSA) is 114 Å². The summed E-state index contributed by atoms with van der Waals surface area (Å²) in [6.07, 6.45) is 0.0545. The van der Waals surface area contributed by atoms with Crippen LogP contribution in [0.1, 0.15) is 47.2 Å². The van der Waals surface area contributed by atoms with Gasteiger partial charge in [0.15, 0.2) is 6.10 Å². The number of carboxylic acids is 1. The van der Waals surface area contributed by atoms with E-state index in [9.17, 15) is 27.9 Å². The summed E-state index contributed by atoms with van der Waals surface area (Å²) in [5.74, 6) is -2.18. The van der Waals surface area contributed by atoms with Crippen molar-refractivity contribution in [1.29, 1.82) is 0 Å². The molecule has 238 valence electrons. The summed E-state index contributed by atoms with van der Waals surface area (Å²) < 4.78 is 40.3. The molecule has 45 heavy (non-hydrogen) atoms. The van der Waals surface area contributed by atoms with Crippen molar-refractivity contribution in [2.24, 2.45) is 4.99 Å². The van der Waals surface area contributed by atoms with Crippen LogP contribution < -0.4 is 15.5 Å². The summed E-state index contributed by atoms with van der Waals surface area (Å²) >= 11 is 12.3. The first-order valence-electron chi connectivity index (χ1n) is 14.1. The number of amides is 1.